The summed E-state index contributed by atoms with van der Waals surface area (Å²) in [7, 11) is 1.84. The summed E-state index contributed by atoms with van der Waals surface area (Å²) in [5.41, 5.74) is 2.37. The van der Waals surface area contributed by atoms with E-state index in [1.165, 1.54) is 5.56 Å². The molecule has 1 aromatic rings. The minimum atomic E-state index is 0.113. The molecule has 0 aliphatic carbocycles. The van der Waals surface area contributed by atoms with Gasteiger partial charge in [0.1, 0.15) is 0 Å². The van der Waals surface area contributed by atoms with Gasteiger partial charge in [-0.1, -0.05) is 29.8 Å². The number of nitrogens with zero attached hydrogens (tertiary/aromatic N) is 2. The Labute approximate surface area is 128 Å². The van der Waals surface area contributed by atoms with E-state index in [9.17, 15) is 4.79 Å². The molecule has 4 nitrogen and oxygen atoms in total. The van der Waals surface area contributed by atoms with E-state index in [2.05, 4.69) is 49.9 Å². The molecule has 0 saturated heterocycles. The highest BCUT2D eigenvalue weighted by Gasteiger charge is 2.16. The molecule has 1 aromatic carbocycles. The van der Waals surface area contributed by atoms with E-state index in [-0.39, 0.29) is 12.5 Å². The van der Waals surface area contributed by atoms with Gasteiger partial charge in [0.15, 0.2) is 0 Å². The molecule has 1 rings (SSSR count). The fourth-order valence-electron chi connectivity index (χ4n) is 2.14. The number of aryl methyl sites for hydroxylation is 1. The molecule has 0 aliphatic rings. The first-order valence-electron chi connectivity index (χ1n) is 7.58. The lowest BCUT2D eigenvalue weighted by atomic mass is 10.1. The van der Waals surface area contributed by atoms with Crippen LogP contribution in [0.15, 0.2) is 24.3 Å². The Morgan fingerprint density at radius 2 is 1.86 bits per heavy atom. The first kappa shape index (κ1) is 17.7. The largest absolute Gasteiger partial charge is 0.396 e. The topological polar surface area (TPSA) is 43.8 Å². The summed E-state index contributed by atoms with van der Waals surface area (Å²) >= 11 is 0. The molecule has 0 fully saturated rings. The normalized spacial score (nSPS) is 11.2. The molecule has 4 heteroatoms. The van der Waals surface area contributed by atoms with Gasteiger partial charge in [0.25, 0.3) is 0 Å². The van der Waals surface area contributed by atoms with Crippen LogP contribution in [-0.2, 0) is 11.3 Å². The number of rotatable bonds is 8. The lowest BCUT2D eigenvalue weighted by molar-refractivity contribution is -0.132. The van der Waals surface area contributed by atoms with Crippen molar-refractivity contribution in [3.8, 4) is 0 Å². The maximum Gasteiger partial charge on any atom is 0.236 e. The number of aliphatic hydroxyl groups is 1. The second kappa shape index (κ2) is 8.80. The third-order valence-electron chi connectivity index (χ3n) is 3.64. The average molecular weight is 292 g/mol. The summed E-state index contributed by atoms with van der Waals surface area (Å²) in [5.74, 6) is 0.113. The van der Waals surface area contributed by atoms with Gasteiger partial charge in [0, 0.05) is 32.8 Å². The molecular weight excluding hydrogens is 264 g/mol. The van der Waals surface area contributed by atoms with Gasteiger partial charge in [0.2, 0.25) is 5.91 Å². The number of likely N-dealkylation sites (N-methyl/N-ethyl adjacent to an activating group) is 1. The van der Waals surface area contributed by atoms with E-state index in [0.29, 0.717) is 25.6 Å². The van der Waals surface area contributed by atoms with Crippen molar-refractivity contribution in [2.45, 2.75) is 39.8 Å². The summed E-state index contributed by atoms with van der Waals surface area (Å²) in [6.07, 6.45) is 0.702. The summed E-state index contributed by atoms with van der Waals surface area (Å²) < 4.78 is 0. The van der Waals surface area contributed by atoms with Gasteiger partial charge in [-0.15, -0.1) is 0 Å². The van der Waals surface area contributed by atoms with Crippen molar-refractivity contribution in [1.82, 2.24) is 9.80 Å². The van der Waals surface area contributed by atoms with Crippen LogP contribution in [0.2, 0.25) is 0 Å². The van der Waals surface area contributed by atoms with Gasteiger partial charge in [-0.2, -0.15) is 0 Å². The zero-order chi connectivity index (χ0) is 15.8. The van der Waals surface area contributed by atoms with E-state index < -0.39 is 0 Å². The third kappa shape index (κ3) is 6.27. The monoisotopic (exact) mass is 292 g/mol. The first-order chi connectivity index (χ1) is 9.93. The SMILES string of the molecule is Cc1ccc(CN(C)C(=O)CN(CCCO)C(C)C)cc1. The minimum absolute atomic E-state index is 0.113. The minimum Gasteiger partial charge on any atom is -0.396 e. The van der Waals surface area contributed by atoms with Crippen LogP contribution in [0.4, 0.5) is 0 Å². The van der Waals surface area contributed by atoms with Crippen LogP contribution < -0.4 is 0 Å². The summed E-state index contributed by atoms with van der Waals surface area (Å²) in [4.78, 5) is 16.2. The molecule has 0 heterocycles. The highest BCUT2D eigenvalue weighted by Crippen LogP contribution is 2.07. The van der Waals surface area contributed by atoms with Gasteiger partial charge >= 0.3 is 0 Å². The van der Waals surface area contributed by atoms with Crippen molar-refractivity contribution in [3.05, 3.63) is 35.4 Å². The Bertz CT molecular complexity index is 429. The zero-order valence-electron chi connectivity index (χ0n) is 13.7. The number of hydrogen-bond acceptors (Lipinski definition) is 3. The van der Waals surface area contributed by atoms with E-state index in [4.69, 9.17) is 5.11 Å². The Morgan fingerprint density at radius 1 is 1.24 bits per heavy atom. The molecular formula is C17H28N2O2. The van der Waals surface area contributed by atoms with Gasteiger partial charge in [0.05, 0.1) is 6.54 Å². The van der Waals surface area contributed by atoms with E-state index in [0.717, 1.165) is 12.1 Å². The predicted octanol–water partition coefficient (Wildman–Crippen LogP) is 2.05. The Kier molecular flexibility index (Phi) is 7.40. The van der Waals surface area contributed by atoms with Crippen LogP contribution in [0.3, 0.4) is 0 Å². The molecule has 0 unspecified atom stereocenters. The van der Waals surface area contributed by atoms with Crippen LogP contribution in [0, 0.1) is 6.92 Å². The molecule has 21 heavy (non-hydrogen) atoms. The standard InChI is InChI=1S/C17H28N2O2/c1-14(2)19(10-5-11-20)13-17(21)18(4)12-16-8-6-15(3)7-9-16/h6-9,14,20H,5,10-13H2,1-4H3. The quantitative estimate of drug-likeness (QED) is 0.797. The molecule has 1 amide bonds. The predicted molar refractivity (Wildman–Crippen MR) is 86.1 cm³/mol. The highest BCUT2D eigenvalue weighted by atomic mass is 16.3. The number of carbonyl (C=O) groups is 1. The lowest BCUT2D eigenvalue weighted by Gasteiger charge is -2.28. The smallest absolute Gasteiger partial charge is 0.236 e. The van der Waals surface area contributed by atoms with E-state index >= 15 is 0 Å². The van der Waals surface area contributed by atoms with Crippen LogP contribution in [0.1, 0.15) is 31.4 Å². The van der Waals surface area contributed by atoms with Crippen LogP contribution in [-0.4, -0.2) is 53.6 Å². The second-order valence-electron chi connectivity index (χ2n) is 5.88. The molecule has 118 valence electrons. The van der Waals surface area contributed by atoms with E-state index in [1.807, 2.05) is 7.05 Å². The van der Waals surface area contributed by atoms with Crippen molar-refractivity contribution in [3.63, 3.8) is 0 Å². The molecule has 0 radical (unpaired) electrons. The van der Waals surface area contributed by atoms with Crippen molar-refractivity contribution in [2.24, 2.45) is 0 Å². The summed E-state index contributed by atoms with van der Waals surface area (Å²) in [5, 5.41) is 8.94. The van der Waals surface area contributed by atoms with Gasteiger partial charge in [-0.25, -0.2) is 0 Å². The van der Waals surface area contributed by atoms with Crippen molar-refractivity contribution < 1.29 is 9.90 Å². The fraction of sp³-hybridized carbons (Fsp3) is 0.588. The number of aliphatic hydroxyl groups excluding tert-OH is 1. The summed E-state index contributed by atoms with van der Waals surface area (Å²) in [6, 6.07) is 8.55. The van der Waals surface area contributed by atoms with Gasteiger partial charge in [-0.05, 0) is 32.8 Å². The Hall–Kier alpha value is -1.39. The second-order valence-corrected chi connectivity index (χ2v) is 5.88. The Morgan fingerprint density at radius 3 is 2.38 bits per heavy atom. The summed E-state index contributed by atoms with van der Waals surface area (Å²) in [6.45, 7) is 8.15. The number of carbonyl (C=O) groups excluding carboxylic acids is 1. The maximum atomic E-state index is 12.3. The fourth-order valence-corrected chi connectivity index (χ4v) is 2.14. The van der Waals surface area contributed by atoms with Crippen molar-refractivity contribution in [1.29, 1.82) is 0 Å². The number of amides is 1. The van der Waals surface area contributed by atoms with E-state index in [1.54, 1.807) is 4.90 Å². The first-order valence-corrected chi connectivity index (χ1v) is 7.58. The van der Waals surface area contributed by atoms with Crippen LogP contribution >= 0.6 is 0 Å². The zero-order valence-corrected chi connectivity index (χ0v) is 13.7. The average Bonchev–Trinajstić information content (AvgIpc) is 2.45. The Balaban J connectivity index is 2.54. The maximum absolute atomic E-state index is 12.3. The van der Waals surface area contributed by atoms with Gasteiger partial charge in [-0.3, -0.25) is 9.69 Å². The molecule has 0 saturated carbocycles. The molecule has 0 atom stereocenters. The third-order valence-corrected chi connectivity index (χ3v) is 3.64. The van der Waals surface area contributed by atoms with Crippen LogP contribution in [0.5, 0.6) is 0 Å². The van der Waals surface area contributed by atoms with Crippen molar-refractivity contribution >= 4 is 5.91 Å². The lowest BCUT2D eigenvalue weighted by Crippen LogP contribution is -2.42. The van der Waals surface area contributed by atoms with Crippen LogP contribution in [0.25, 0.3) is 0 Å². The number of hydrogen-bond donors (Lipinski definition) is 1. The molecule has 1 N–H and O–H groups in total. The van der Waals surface area contributed by atoms with Crippen molar-refractivity contribution in [2.75, 3.05) is 26.7 Å². The highest BCUT2D eigenvalue weighted by molar-refractivity contribution is 5.78. The van der Waals surface area contributed by atoms with Gasteiger partial charge < -0.3 is 10.0 Å². The molecule has 0 aromatic heterocycles. The molecule has 0 aliphatic heterocycles. The molecule has 0 spiro atoms. The number of benzene rings is 1. The molecule has 0 bridgehead atoms.